The van der Waals surface area contributed by atoms with E-state index in [1.165, 1.54) is 20.0 Å². The fourth-order valence-corrected chi connectivity index (χ4v) is 0.991. The number of amides is 1. The summed E-state index contributed by atoms with van der Waals surface area (Å²) in [5.41, 5.74) is 1.14. The van der Waals surface area contributed by atoms with E-state index in [9.17, 15) is 9.59 Å². The summed E-state index contributed by atoms with van der Waals surface area (Å²) in [7, 11) is 0. The maximum atomic E-state index is 10.9. The Morgan fingerprint density at radius 2 is 2.12 bits per heavy atom. The average Bonchev–Trinajstić information content (AvgIpc) is 2.25. The number of nitrogens with one attached hydrogen (secondary N) is 1. The summed E-state index contributed by atoms with van der Waals surface area (Å²) in [6.07, 6.45) is 1.54. The minimum absolute atomic E-state index is 0.0715. The molecule has 0 saturated carbocycles. The number of ketones is 1. The largest absolute Gasteiger partial charge is 0.345 e. The number of hydrogen-bond donors (Lipinski definition) is 1. The lowest BCUT2D eigenvalue weighted by Crippen LogP contribution is -2.19. The van der Waals surface area contributed by atoms with Gasteiger partial charge in [0.25, 0.3) is 0 Å². The van der Waals surface area contributed by atoms with Crippen molar-refractivity contribution in [3.8, 4) is 11.8 Å². The molecule has 1 rings (SSSR count). The minimum Gasteiger partial charge on any atom is -0.345 e. The summed E-state index contributed by atoms with van der Waals surface area (Å²) in [4.78, 5) is 25.4. The molecule has 1 amide bonds. The third-order valence-corrected chi connectivity index (χ3v) is 1.78. The lowest BCUT2D eigenvalue weighted by Gasteiger charge is -1.94. The molecular formula is C12H12N2O2. The molecular weight excluding hydrogens is 204 g/mol. The van der Waals surface area contributed by atoms with Crippen molar-refractivity contribution < 1.29 is 9.59 Å². The van der Waals surface area contributed by atoms with Crippen molar-refractivity contribution in [2.75, 3.05) is 6.54 Å². The van der Waals surface area contributed by atoms with Gasteiger partial charge in [0.1, 0.15) is 5.69 Å². The van der Waals surface area contributed by atoms with Crippen LogP contribution < -0.4 is 5.32 Å². The second kappa shape index (κ2) is 5.66. The van der Waals surface area contributed by atoms with Crippen molar-refractivity contribution in [2.45, 2.75) is 13.8 Å². The van der Waals surface area contributed by atoms with Crippen molar-refractivity contribution in [3.63, 3.8) is 0 Å². The Hall–Kier alpha value is -2.15. The van der Waals surface area contributed by atoms with E-state index in [-0.39, 0.29) is 11.7 Å². The lowest BCUT2D eigenvalue weighted by molar-refractivity contribution is -0.118. The van der Waals surface area contributed by atoms with Crippen LogP contribution in [0.1, 0.15) is 29.9 Å². The lowest BCUT2D eigenvalue weighted by atomic mass is 10.2. The first-order chi connectivity index (χ1) is 7.59. The Bertz CT molecular complexity index is 452. The van der Waals surface area contributed by atoms with Crippen LogP contribution >= 0.6 is 0 Å². The van der Waals surface area contributed by atoms with E-state index in [1.807, 2.05) is 0 Å². The number of aromatic nitrogens is 1. The fraction of sp³-hybridized carbons (Fsp3) is 0.250. The van der Waals surface area contributed by atoms with E-state index < -0.39 is 0 Å². The quantitative estimate of drug-likeness (QED) is 0.587. The Kier molecular flexibility index (Phi) is 4.22. The number of carbonyl (C=O) groups is 2. The molecule has 0 fully saturated rings. The maximum Gasteiger partial charge on any atom is 0.217 e. The molecule has 0 unspecified atom stereocenters. The van der Waals surface area contributed by atoms with Crippen LogP contribution in [0.15, 0.2) is 18.3 Å². The van der Waals surface area contributed by atoms with Crippen LogP contribution in [-0.2, 0) is 4.79 Å². The van der Waals surface area contributed by atoms with E-state index >= 15 is 0 Å². The summed E-state index contributed by atoms with van der Waals surface area (Å²) in [5, 5.41) is 2.56. The molecule has 4 nitrogen and oxygen atoms in total. The van der Waals surface area contributed by atoms with Gasteiger partial charge in [-0.05, 0) is 12.1 Å². The van der Waals surface area contributed by atoms with Crippen LogP contribution in [0.3, 0.4) is 0 Å². The van der Waals surface area contributed by atoms with Gasteiger partial charge in [0, 0.05) is 25.6 Å². The van der Waals surface area contributed by atoms with Gasteiger partial charge in [-0.2, -0.15) is 0 Å². The van der Waals surface area contributed by atoms with Gasteiger partial charge in [-0.25, -0.2) is 0 Å². The Morgan fingerprint density at radius 1 is 1.38 bits per heavy atom. The van der Waals surface area contributed by atoms with Crippen LogP contribution in [-0.4, -0.2) is 23.2 Å². The number of pyridine rings is 1. The van der Waals surface area contributed by atoms with E-state index in [2.05, 4.69) is 22.1 Å². The van der Waals surface area contributed by atoms with Gasteiger partial charge in [0.2, 0.25) is 5.91 Å². The molecule has 0 radical (unpaired) electrons. The van der Waals surface area contributed by atoms with E-state index in [0.29, 0.717) is 12.2 Å². The molecule has 0 spiro atoms. The molecule has 1 aromatic rings. The van der Waals surface area contributed by atoms with Crippen molar-refractivity contribution in [3.05, 3.63) is 29.6 Å². The molecule has 0 aliphatic heterocycles. The van der Waals surface area contributed by atoms with Crippen LogP contribution in [0.4, 0.5) is 0 Å². The normalized spacial score (nSPS) is 8.88. The smallest absolute Gasteiger partial charge is 0.217 e. The van der Waals surface area contributed by atoms with E-state index in [4.69, 9.17) is 0 Å². The molecule has 0 aromatic carbocycles. The van der Waals surface area contributed by atoms with Crippen LogP contribution in [0.25, 0.3) is 0 Å². The average molecular weight is 216 g/mol. The molecule has 16 heavy (non-hydrogen) atoms. The highest BCUT2D eigenvalue weighted by atomic mass is 16.1. The topological polar surface area (TPSA) is 59.1 Å². The number of carbonyl (C=O) groups excluding carboxylic acids is 2. The van der Waals surface area contributed by atoms with Crippen molar-refractivity contribution in [2.24, 2.45) is 0 Å². The third kappa shape index (κ3) is 3.93. The number of rotatable bonds is 2. The van der Waals surface area contributed by atoms with Gasteiger partial charge in [0.15, 0.2) is 5.78 Å². The molecule has 0 atom stereocenters. The second-order valence-corrected chi connectivity index (χ2v) is 3.20. The van der Waals surface area contributed by atoms with E-state index in [1.54, 1.807) is 12.1 Å². The van der Waals surface area contributed by atoms with E-state index in [0.717, 1.165) is 5.56 Å². The molecule has 1 aromatic heterocycles. The molecule has 1 N–H and O–H groups in total. The zero-order chi connectivity index (χ0) is 12.0. The molecule has 0 bridgehead atoms. The molecule has 0 aliphatic carbocycles. The van der Waals surface area contributed by atoms with Gasteiger partial charge < -0.3 is 5.32 Å². The molecule has 1 heterocycles. The summed E-state index contributed by atoms with van der Waals surface area (Å²) in [5.74, 6) is 5.42. The Balaban J connectivity index is 2.61. The van der Waals surface area contributed by atoms with Crippen molar-refractivity contribution in [1.82, 2.24) is 10.3 Å². The minimum atomic E-state index is -0.112. The third-order valence-electron chi connectivity index (χ3n) is 1.78. The van der Waals surface area contributed by atoms with Gasteiger partial charge >= 0.3 is 0 Å². The standard InChI is InChI=1S/C12H12N2O2/c1-9(15)12-6-5-11(8-14-12)4-3-7-13-10(2)16/h5-6,8H,7H2,1-2H3,(H,13,16). The van der Waals surface area contributed by atoms with Crippen LogP contribution in [0, 0.1) is 11.8 Å². The van der Waals surface area contributed by atoms with Gasteiger partial charge in [-0.3, -0.25) is 14.6 Å². The number of Topliss-reactive ketones (excluding diaryl/α,β-unsaturated/α-hetero) is 1. The van der Waals surface area contributed by atoms with Gasteiger partial charge in [-0.15, -0.1) is 0 Å². The number of nitrogens with zero attached hydrogens (tertiary/aromatic N) is 1. The van der Waals surface area contributed by atoms with Crippen LogP contribution in [0.5, 0.6) is 0 Å². The summed E-state index contributed by atoms with van der Waals surface area (Å²) < 4.78 is 0. The second-order valence-electron chi connectivity index (χ2n) is 3.20. The first-order valence-corrected chi connectivity index (χ1v) is 4.80. The first kappa shape index (κ1) is 11.9. The number of hydrogen-bond acceptors (Lipinski definition) is 3. The highest BCUT2D eigenvalue weighted by Crippen LogP contribution is 1.99. The van der Waals surface area contributed by atoms with Crippen LogP contribution in [0.2, 0.25) is 0 Å². The predicted molar refractivity (Wildman–Crippen MR) is 59.8 cm³/mol. The summed E-state index contributed by atoms with van der Waals surface area (Å²) in [6.45, 7) is 3.21. The predicted octanol–water partition coefficient (Wildman–Crippen LogP) is 0.772. The fourth-order valence-electron chi connectivity index (χ4n) is 0.991. The Morgan fingerprint density at radius 3 is 2.62 bits per heavy atom. The molecule has 0 aliphatic rings. The highest BCUT2D eigenvalue weighted by molar-refractivity contribution is 5.92. The zero-order valence-electron chi connectivity index (χ0n) is 9.20. The van der Waals surface area contributed by atoms with Gasteiger partial charge in [0.05, 0.1) is 6.54 Å². The maximum absolute atomic E-state index is 10.9. The summed E-state index contributed by atoms with van der Waals surface area (Å²) in [6, 6.07) is 3.36. The zero-order valence-corrected chi connectivity index (χ0v) is 9.20. The molecule has 0 saturated heterocycles. The molecule has 82 valence electrons. The van der Waals surface area contributed by atoms with Gasteiger partial charge in [-0.1, -0.05) is 11.8 Å². The van der Waals surface area contributed by atoms with Crippen molar-refractivity contribution in [1.29, 1.82) is 0 Å². The first-order valence-electron chi connectivity index (χ1n) is 4.80. The monoisotopic (exact) mass is 216 g/mol. The highest BCUT2D eigenvalue weighted by Gasteiger charge is 1.98. The summed E-state index contributed by atoms with van der Waals surface area (Å²) >= 11 is 0. The molecule has 4 heteroatoms. The van der Waals surface area contributed by atoms with Crippen molar-refractivity contribution >= 4 is 11.7 Å². The SMILES string of the molecule is CC(=O)NCC#Cc1ccc(C(C)=O)nc1. The Labute approximate surface area is 94.1 Å².